The Morgan fingerprint density at radius 1 is 1.24 bits per heavy atom. The van der Waals surface area contributed by atoms with Gasteiger partial charge in [0.15, 0.2) is 0 Å². The summed E-state index contributed by atoms with van der Waals surface area (Å²) in [6, 6.07) is 14.8. The molecular weight excluding hydrogens is 370 g/mol. The predicted octanol–water partition coefficient (Wildman–Crippen LogP) is 2.84. The SMILES string of the molecule is CCOc1ccc(-c2noc(CCC(=O)N[C@H]3c4ccccc4C[C@H]3O)n2)cc1. The van der Waals surface area contributed by atoms with E-state index in [9.17, 15) is 9.90 Å². The summed E-state index contributed by atoms with van der Waals surface area (Å²) in [7, 11) is 0. The number of rotatable bonds is 7. The van der Waals surface area contributed by atoms with Gasteiger partial charge >= 0.3 is 0 Å². The molecule has 1 aromatic heterocycles. The van der Waals surface area contributed by atoms with E-state index >= 15 is 0 Å². The maximum atomic E-state index is 12.4. The number of fused-ring (bicyclic) bond motifs is 1. The molecule has 3 aromatic rings. The van der Waals surface area contributed by atoms with Gasteiger partial charge in [0.2, 0.25) is 17.6 Å². The fourth-order valence-electron chi connectivity index (χ4n) is 3.55. The quantitative estimate of drug-likeness (QED) is 0.641. The van der Waals surface area contributed by atoms with Crippen molar-refractivity contribution in [3.63, 3.8) is 0 Å². The number of carbonyl (C=O) groups is 1. The minimum absolute atomic E-state index is 0.161. The van der Waals surface area contributed by atoms with Crippen molar-refractivity contribution in [2.24, 2.45) is 0 Å². The lowest BCUT2D eigenvalue weighted by Crippen LogP contribution is -2.34. The number of carbonyl (C=O) groups excluding carboxylic acids is 1. The summed E-state index contributed by atoms with van der Waals surface area (Å²) in [6.45, 7) is 2.54. The molecule has 0 unspecified atom stereocenters. The van der Waals surface area contributed by atoms with Crippen LogP contribution in [0.5, 0.6) is 5.75 Å². The van der Waals surface area contributed by atoms with Crippen LogP contribution < -0.4 is 10.1 Å². The summed E-state index contributed by atoms with van der Waals surface area (Å²) < 4.78 is 10.7. The molecule has 2 aromatic carbocycles. The summed E-state index contributed by atoms with van der Waals surface area (Å²) in [4.78, 5) is 16.7. The lowest BCUT2D eigenvalue weighted by molar-refractivity contribution is -0.122. The minimum Gasteiger partial charge on any atom is -0.494 e. The molecule has 2 atom stereocenters. The third-order valence-electron chi connectivity index (χ3n) is 4.98. The average molecular weight is 393 g/mol. The van der Waals surface area contributed by atoms with Crippen molar-refractivity contribution >= 4 is 5.91 Å². The van der Waals surface area contributed by atoms with Gasteiger partial charge in [0, 0.05) is 24.8 Å². The van der Waals surface area contributed by atoms with Gasteiger partial charge < -0.3 is 19.7 Å². The van der Waals surface area contributed by atoms with Crippen LogP contribution in [0.15, 0.2) is 53.1 Å². The second-order valence-corrected chi connectivity index (χ2v) is 6.98. The molecule has 7 nitrogen and oxygen atoms in total. The van der Waals surface area contributed by atoms with E-state index in [-0.39, 0.29) is 18.4 Å². The summed E-state index contributed by atoms with van der Waals surface area (Å²) in [5.41, 5.74) is 2.87. The van der Waals surface area contributed by atoms with E-state index in [4.69, 9.17) is 9.26 Å². The van der Waals surface area contributed by atoms with E-state index < -0.39 is 6.10 Å². The van der Waals surface area contributed by atoms with Crippen molar-refractivity contribution in [2.75, 3.05) is 6.61 Å². The van der Waals surface area contributed by atoms with Crippen LogP contribution in [0, 0.1) is 0 Å². The normalized spacial score (nSPS) is 17.7. The summed E-state index contributed by atoms with van der Waals surface area (Å²) >= 11 is 0. The van der Waals surface area contributed by atoms with Gasteiger partial charge in [0.05, 0.1) is 18.8 Å². The Morgan fingerprint density at radius 3 is 2.83 bits per heavy atom. The average Bonchev–Trinajstić information content (AvgIpc) is 3.32. The van der Waals surface area contributed by atoms with Gasteiger partial charge in [-0.2, -0.15) is 4.98 Å². The van der Waals surface area contributed by atoms with Crippen LogP contribution in [0.2, 0.25) is 0 Å². The second-order valence-electron chi connectivity index (χ2n) is 6.98. The third-order valence-corrected chi connectivity index (χ3v) is 4.98. The number of nitrogens with zero attached hydrogens (tertiary/aromatic N) is 2. The highest BCUT2D eigenvalue weighted by Crippen LogP contribution is 2.31. The number of benzene rings is 2. The van der Waals surface area contributed by atoms with Crippen molar-refractivity contribution in [1.29, 1.82) is 0 Å². The maximum absolute atomic E-state index is 12.4. The number of aryl methyl sites for hydroxylation is 1. The molecule has 4 rings (SSSR count). The third kappa shape index (κ3) is 4.30. The lowest BCUT2D eigenvalue weighted by atomic mass is 10.1. The predicted molar refractivity (Wildman–Crippen MR) is 106 cm³/mol. The van der Waals surface area contributed by atoms with E-state index in [0.29, 0.717) is 31.2 Å². The molecule has 0 fully saturated rings. The summed E-state index contributed by atoms with van der Waals surface area (Å²) in [5.74, 6) is 1.50. The van der Waals surface area contributed by atoms with Crippen LogP contribution in [0.3, 0.4) is 0 Å². The van der Waals surface area contributed by atoms with Crippen LogP contribution in [0.25, 0.3) is 11.4 Å². The molecule has 0 saturated heterocycles. The molecule has 0 aliphatic heterocycles. The first-order valence-electron chi connectivity index (χ1n) is 9.75. The van der Waals surface area contributed by atoms with Crippen LogP contribution in [0.1, 0.15) is 36.4 Å². The second kappa shape index (κ2) is 8.45. The van der Waals surface area contributed by atoms with Gasteiger partial charge in [-0.05, 0) is 42.3 Å². The molecule has 1 amide bonds. The summed E-state index contributed by atoms with van der Waals surface area (Å²) in [5, 5.41) is 17.2. The number of ether oxygens (including phenoxy) is 1. The van der Waals surface area contributed by atoms with Gasteiger partial charge in [-0.3, -0.25) is 4.79 Å². The molecule has 2 N–H and O–H groups in total. The van der Waals surface area contributed by atoms with E-state index in [0.717, 1.165) is 22.4 Å². The van der Waals surface area contributed by atoms with E-state index in [2.05, 4.69) is 15.5 Å². The smallest absolute Gasteiger partial charge is 0.227 e. The minimum atomic E-state index is -0.606. The Balaban J connectivity index is 1.33. The highest BCUT2D eigenvalue weighted by molar-refractivity contribution is 5.77. The Bertz CT molecular complexity index is 984. The molecule has 7 heteroatoms. The van der Waals surface area contributed by atoms with Crippen molar-refractivity contribution in [1.82, 2.24) is 15.5 Å². The molecule has 29 heavy (non-hydrogen) atoms. The van der Waals surface area contributed by atoms with Crippen molar-refractivity contribution in [3.8, 4) is 17.1 Å². The number of hydrogen-bond acceptors (Lipinski definition) is 6. The van der Waals surface area contributed by atoms with E-state index in [1.54, 1.807) is 0 Å². The van der Waals surface area contributed by atoms with Gasteiger partial charge in [0.25, 0.3) is 0 Å². The first-order valence-corrected chi connectivity index (χ1v) is 9.75. The van der Waals surface area contributed by atoms with Gasteiger partial charge in [-0.15, -0.1) is 0 Å². The Kier molecular flexibility index (Phi) is 5.57. The number of aliphatic hydroxyl groups excluding tert-OH is 1. The standard InChI is InChI=1S/C22H23N3O4/c1-2-28-16-9-7-14(8-10-16)22-24-20(29-25-22)12-11-19(27)23-21-17-6-4-3-5-15(17)13-18(21)26/h3-10,18,21,26H,2,11-13H2,1H3,(H,23,27)/t18-,21+/m1/s1. The topological polar surface area (TPSA) is 97.5 Å². The molecule has 0 radical (unpaired) electrons. The van der Waals surface area contributed by atoms with Crippen LogP contribution >= 0.6 is 0 Å². The highest BCUT2D eigenvalue weighted by Gasteiger charge is 2.31. The molecular formula is C22H23N3O4. The Labute approximate surface area is 168 Å². The van der Waals surface area contributed by atoms with Gasteiger partial charge in [0.1, 0.15) is 5.75 Å². The first kappa shape index (κ1) is 19.1. The number of aromatic nitrogens is 2. The molecule has 1 aliphatic carbocycles. The maximum Gasteiger partial charge on any atom is 0.227 e. The molecule has 150 valence electrons. The van der Waals surface area contributed by atoms with Crippen LogP contribution in [-0.2, 0) is 17.6 Å². The monoisotopic (exact) mass is 393 g/mol. The van der Waals surface area contributed by atoms with E-state index in [1.165, 1.54) is 0 Å². The van der Waals surface area contributed by atoms with Crippen molar-refractivity contribution < 1.29 is 19.2 Å². The van der Waals surface area contributed by atoms with Crippen LogP contribution in [0.4, 0.5) is 0 Å². The van der Waals surface area contributed by atoms with Crippen molar-refractivity contribution in [3.05, 3.63) is 65.5 Å². The molecule has 0 spiro atoms. The molecule has 1 aliphatic rings. The zero-order chi connectivity index (χ0) is 20.2. The van der Waals surface area contributed by atoms with Gasteiger partial charge in [-0.25, -0.2) is 0 Å². The molecule has 1 heterocycles. The largest absolute Gasteiger partial charge is 0.494 e. The lowest BCUT2D eigenvalue weighted by Gasteiger charge is -2.17. The number of hydrogen-bond donors (Lipinski definition) is 2. The molecule has 0 saturated carbocycles. The fourth-order valence-corrected chi connectivity index (χ4v) is 3.55. The Hall–Kier alpha value is -3.19. The Morgan fingerprint density at radius 2 is 2.03 bits per heavy atom. The number of nitrogens with one attached hydrogen (secondary N) is 1. The first-order chi connectivity index (χ1) is 14.1. The zero-order valence-corrected chi connectivity index (χ0v) is 16.2. The van der Waals surface area contributed by atoms with Crippen LogP contribution in [-0.4, -0.2) is 33.9 Å². The fraction of sp³-hybridized carbons (Fsp3) is 0.318. The number of aliphatic hydroxyl groups is 1. The highest BCUT2D eigenvalue weighted by atomic mass is 16.5. The zero-order valence-electron chi connectivity index (χ0n) is 16.2. The van der Waals surface area contributed by atoms with E-state index in [1.807, 2.05) is 55.5 Å². The number of amides is 1. The summed E-state index contributed by atoms with van der Waals surface area (Å²) in [6.07, 6.45) is 0.485. The van der Waals surface area contributed by atoms with Crippen molar-refractivity contribution in [2.45, 2.75) is 38.3 Å². The molecule has 0 bridgehead atoms. The van der Waals surface area contributed by atoms with Gasteiger partial charge in [-0.1, -0.05) is 29.4 Å².